The monoisotopic (exact) mass is 626 g/mol. The van der Waals surface area contributed by atoms with Crippen molar-refractivity contribution >= 4 is 32.6 Å². The van der Waals surface area contributed by atoms with Crippen molar-refractivity contribution in [2.75, 3.05) is 30.8 Å². The Morgan fingerprint density at radius 2 is 1.77 bits per heavy atom. The van der Waals surface area contributed by atoms with Gasteiger partial charge in [-0.25, -0.2) is 40.9 Å². The molecule has 1 amide bonds. The SMILES string of the molecule is C=CC(=O)N1CCN(c2nc(=O)n(-c3c(C(C)C)ccnc3S(C)(=O)=O)c3nc(-c4c(F)cccc4F)c(F)cc23)[C@@H](C)C1. The van der Waals surface area contributed by atoms with Crippen LogP contribution in [0, 0.1) is 17.5 Å². The maximum Gasteiger partial charge on any atom is 0.355 e. The summed E-state index contributed by atoms with van der Waals surface area (Å²) in [6, 6.07) is 5.12. The standard InChI is InChI=1S/C30H29F3N6O4S/c1-6-23(40)37-12-13-38(17(4)15-37)27-19-14-22(33)25(24-20(31)8-7-9-21(24)32)35-28(19)39(30(41)36-27)26-18(16(2)3)10-11-34-29(26)44(5,42)43/h6-11,14,16-17H,1,12-13,15H2,2-5H3/t17-/m0/s1. The molecule has 230 valence electrons. The van der Waals surface area contributed by atoms with Crippen molar-refractivity contribution < 1.29 is 26.4 Å². The van der Waals surface area contributed by atoms with Gasteiger partial charge in [0.15, 0.2) is 26.3 Å². The molecule has 1 atom stereocenters. The number of pyridine rings is 2. The highest BCUT2D eigenvalue weighted by Crippen LogP contribution is 2.35. The Bertz CT molecular complexity index is 1980. The number of hydrogen-bond donors (Lipinski definition) is 0. The zero-order chi connectivity index (χ0) is 32.1. The molecular weight excluding hydrogens is 597 g/mol. The average molecular weight is 627 g/mol. The first-order chi connectivity index (χ1) is 20.7. The molecule has 3 aromatic heterocycles. The Morgan fingerprint density at radius 3 is 2.36 bits per heavy atom. The molecule has 0 aliphatic carbocycles. The van der Waals surface area contributed by atoms with Gasteiger partial charge in [0.25, 0.3) is 0 Å². The van der Waals surface area contributed by atoms with Crippen LogP contribution in [0.25, 0.3) is 28.0 Å². The molecule has 0 radical (unpaired) electrons. The lowest BCUT2D eigenvalue weighted by molar-refractivity contribution is -0.126. The average Bonchev–Trinajstić information content (AvgIpc) is 2.96. The molecule has 1 aliphatic heterocycles. The van der Waals surface area contributed by atoms with Crippen molar-refractivity contribution in [2.24, 2.45) is 0 Å². The number of anilines is 1. The topological polar surface area (TPSA) is 118 Å². The van der Waals surface area contributed by atoms with Gasteiger partial charge in [-0.15, -0.1) is 0 Å². The van der Waals surface area contributed by atoms with Crippen molar-refractivity contribution in [3.05, 3.63) is 82.7 Å². The molecule has 1 aromatic carbocycles. The lowest BCUT2D eigenvalue weighted by atomic mass is 10.0. The Morgan fingerprint density at radius 1 is 1.09 bits per heavy atom. The second-order valence-corrected chi connectivity index (χ2v) is 12.8. The molecule has 1 fully saturated rings. The first kappa shape index (κ1) is 30.9. The number of carbonyl (C=O) groups is 1. The predicted molar refractivity (Wildman–Crippen MR) is 159 cm³/mol. The third-order valence-corrected chi connectivity index (χ3v) is 8.51. The van der Waals surface area contributed by atoms with Crippen molar-refractivity contribution in [1.82, 2.24) is 24.4 Å². The van der Waals surface area contributed by atoms with E-state index in [4.69, 9.17) is 0 Å². The Balaban J connectivity index is 1.90. The van der Waals surface area contributed by atoms with Crippen LogP contribution in [0.2, 0.25) is 0 Å². The van der Waals surface area contributed by atoms with E-state index < -0.39 is 55.3 Å². The van der Waals surface area contributed by atoms with E-state index in [1.807, 2.05) is 0 Å². The molecule has 1 saturated heterocycles. The fourth-order valence-electron chi connectivity index (χ4n) is 5.44. The molecule has 0 bridgehead atoms. The minimum Gasteiger partial charge on any atom is -0.350 e. The van der Waals surface area contributed by atoms with E-state index in [1.54, 1.807) is 36.6 Å². The zero-order valence-corrected chi connectivity index (χ0v) is 25.2. The molecule has 1 aliphatic rings. The van der Waals surface area contributed by atoms with E-state index in [2.05, 4.69) is 21.5 Å². The quantitative estimate of drug-likeness (QED) is 0.295. The summed E-state index contributed by atoms with van der Waals surface area (Å²) in [7, 11) is -4.04. The number of sulfone groups is 1. The fourth-order valence-corrected chi connectivity index (χ4v) is 6.25. The van der Waals surface area contributed by atoms with Gasteiger partial charge >= 0.3 is 5.69 Å². The lowest BCUT2D eigenvalue weighted by Gasteiger charge is -2.40. The van der Waals surface area contributed by atoms with Crippen LogP contribution < -0.4 is 10.6 Å². The minimum atomic E-state index is -4.04. The summed E-state index contributed by atoms with van der Waals surface area (Å²) in [6.45, 7) is 9.54. The lowest BCUT2D eigenvalue weighted by Crippen LogP contribution is -2.54. The normalized spacial score (nSPS) is 15.7. The molecule has 4 aromatic rings. The number of amides is 1. The van der Waals surface area contributed by atoms with Gasteiger partial charge in [-0.3, -0.25) is 4.79 Å². The van der Waals surface area contributed by atoms with Crippen LogP contribution in [0.4, 0.5) is 19.0 Å². The molecule has 0 unspecified atom stereocenters. The van der Waals surface area contributed by atoms with Crippen LogP contribution in [0.3, 0.4) is 0 Å². The van der Waals surface area contributed by atoms with Crippen molar-refractivity contribution in [3.8, 4) is 16.9 Å². The number of aromatic nitrogens is 4. The van der Waals surface area contributed by atoms with E-state index in [0.29, 0.717) is 5.56 Å². The van der Waals surface area contributed by atoms with Gasteiger partial charge in [0.2, 0.25) is 5.91 Å². The molecular formula is C30H29F3N6O4S. The van der Waals surface area contributed by atoms with Crippen LogP contribution >= 0.6 is 0 Å². The number of benzene rings is 1. The number of halogens is 3. The van der Waals surface area contributed by atoms with Crippen molar-refractivity contribution in [1.29, 1.82) is 0 Å². The largest absolute Gasteiger partial charge is 0.355 e. The molecule has 0 spiro atoms. The number of hydrogen-bond acceptors (Lipinski definition) is 8. The highest BCUT2D eigenvalue weighted by Gasteiger charge is 2.32. The smallest absolute Gasteiger partial charge is 0.350 e. The Hall–Kier alpha value is -4.59. The van der Waals surface area contributed by atoms with E-state index in [9.17, 15) is 26.8 Å². The van der Waals surface area contributed by atoms with Crippen LogP contribution in [-0.4, -0.2) is 70.7 Å². The van der Waals surface area contributed by atoms with Crippen LogP contribution in [0.1, 0.15) is 32.3 Å². The number of carbonyl (C=O) groups excluding carboxylic acids is 1. The third-order valence-electron chi connectivity index (χ3n) is 7.51. The maximum absolute atomic E-state index is 15.8. The molecule has 5 rings (SSSR count). The number of rotatable bonds is 6. The molecule has 0 saturated carbocycles. The van der Waals surface area contributed by atoms with Gasteiger partial charge in [-0.2, -0.15) is 4.98 Å². The summed E-state index contributed by atoms with van der Waals surface area (Å²) in [6.07, 6.45) is 3.42. The summed E-state index contributed by atoms with van der Waals surface area (Å²) in [4.78, 5) is 42.1. The third kappa shape index (κ3) is 5.34. The Labute approximate surface area is 251 Å². The van der Waals surface area contributed by atoms with E-state index in [0.717, 1.165) is 35.1 Å². The van der Waals surface area contributed by atoms with Crippen LogP contribution in [0.5, 0.6) is 0 Å². The number of nitrogens with zero attached hydrogens (tertiary/aromatic N) is 6. The highest BCUT2D eigenvalue weighted by atomic mass is 32.2. The van der Waals surface area contributed by atoms with Gasteiger partial charge in [-0.1, -0.05) is 26.5 Å². The van der Waals surface area contributed by atoms with Crippen LogP contribution in [0.15, 0.2) is 59.0 Å². The second kappa shape index (κ2) is 11.5. The number of piperazine rings is 1. The molecule has 10 nitrogen and oxygen atoms in total. The van der Waals surface area contributed by atoms with Gasteiger partial charge in [0.1, 0.15) is 23.1 Å². The summed E-state index contributed by atoms with van der Waals surface area (Å²) in [5, 5.41) is -0.465. The van der Waals surface area contributed by atoms with Gasteiger partial charge in [0.05, 0.1) is 16.6 Å². The zero-order valence-electron chi connectivity index (χ0n) is 24.4. The maximum atomic E-state index is 15.8. The number of fused-ring (bicyclic) bond motifs is 1. The minimum absolute atomic E-state index is 0.0160. The van der Waals surface area contributed by atoms with E-state index >= 15 is 4.39 Å². The van der Waals surface area contributed by atoms with Gasteiger partial charge < -0.3 is 9.80 Å². The highest BCUT2D eigenvalue weighted by molar-refractivity contribution is 7.90. The van der Waals surface area contributed by atoms with Crippen molar-refractivity contribution in [3.63, 3.8) is 0 Å². The predicted octanol–water partition coefficient (Wildman–Crippen LogP) is 4.01. The van der Waals surface area contributed by atoms with Gasteiger partial charge in [-0.05, 0) is 48.7 Å². The molecule has 14 heteroatoms. The summed E-state index contributed by atoms with van der Waals surface area (Å²) < 4.78 is 72.4. The van der Waals surface area contributed by atoms with E-state index in [1.165, 1.54) is 12.3 Å². The van der Waals surface area contributed by atoms with Crippen LogP contribution in [-0.2, 0) is 14.6 Å². The Kier molecular flexibility index (Phi) is 8.05. The first-order valence-electron chi connectivity index (χ1n) is 13.7. The van der Waals surface area contributed by atoms with Gasteiger partial charge in [0, 0.05) is 38.1 Å². The second-order valence-electron chi connectivity index (χ2n) is 10.9. The molecule has 4 heterocycles. The van der Waals surface area contributed by atoms with E-state index in [-0.39, 0.29) is 54.0 Å². The molecule has 44 heavy (non-hydrogen) atoms. The van der Waals surface area contributed by atoms with Crippen molar-refractivity contribution in [2.45, 2.75) is 37.8 Å². The summed E-state index contributed by atoms with van der Waals surface area (Å²) in [5.41, 5.74) is -2.48. The first-order valence-corrected chi connectivity index (χ1v) is 15.6. The fraction of sp³-hybridized carbons (Fsp3) is 0.300. The summed E-state index contributed by atoms with van der Waals surface area (Å²) >= 11 is 0. The summed E-state index contributed by atoms with van der Waals surface area (Å²) in [5.74, 6) is -3.85. The molecule has 0 N–H and O–H groups in total.